The Labute approximate surface area is 347 Å². The van der Waals surface area contributed by atoms with Gasteiger partial charge in [-0.05, 0) is 80.1 Å². The van der Waals surface area contributed by atoms with Crippen LogP contribution in [0.3, 0.4) is 0 Å². The molecule has 300 valence electrons. The number of sulfonamides is 1. The lowest BCUT2D eigenvalue weighted by molar-refractivity contribution is -0.384. The topological polar surface area (TPSA) is 150 Å². The van der Waals surface area contributed by atoms with E-state index >= 15 is 0 Å². The minimum absolute atomic E-state index is 0.0276. The van der Waals surface area contributed by atoms with Crippen LogP contribution in [0.25, 0.3) is 22.0 Å². The Kier molecular flexibility index (Phi) is 13.0. The van der Waals surface area contributed by atoms with E-state index < -0.39 is 14.9 Å². The number of aromatic nitrogens is 3. The largest absolute Gasteiger partial charge is 0.376 e. The van der Waals surface area contributed by atoms with Crippen molar-refractivity contribution in [2.45, 2.75) is 28.8 Å². The van der Waals surface area contributed by atoms with Crippen molar-refractivity contribution in [1.82, 2.24) is 24.8 Å². The van der Waals surface area contributed by atoms with Gasteiger partial charge in [0, 0.05) is 72.8 Å². The SMILES string of the molecule is CN(C)CCC(CSc1ccccc1)Nc1ccc(S(=O)(=O)Nc2ncnc3cc(N4CCN(Cc5ccccc5-c5ccc(Cl)cc5)CC4)ncc23)cc1[N+](=O)[O-]. The normalized spacial score (nSPS) is 14.1. The highest BCUT2D eigenvalue weighted by molar-refractivity contribution is 7.99. The third kappa shape index (κ3) is 10.2. The lowest BCUT2D eigenvalue weighted by Crippen LogP contribution is -2.46. The van der Waals surface area contributed by atoms with Gasteiger partial charge in [0.05, 0.1) is 20.7 Å². The first-order valence-electron chi connectivity index (χ1n) is 18.8. The number of hydrogen-bond acceptors (Lipinski definition) is 12. The first kappa shape index (κ1) is 40.9. The number of thioether (sulfide) groups is 1. The van der Waals surface area contributed by atoms with Crippen LogP contribution < -0.4 is 14.9 Å². The standard InChI is InChI=1S/C42H44ClN9O4S2/c1-49(2)19-18-33(28-57-34-9-4-3-5-10-34)47-38-17-16-35(24-40(38)52(53)54)58(55,56)48-42-37-26-44-41(25-39(37)45-29-46-42)51-22-20-50(21-23-51)27-31-8-6-7-11-36(31)30-12-14-32(43)15-13-30/h3-17,24-26,29,33,47H,18-23,27-28H2,1-2H3,(H,45,46,48). The molecule has 1 aliphatic heterocycles. The Hall–Kier alpha value is -5.32. The van der Waals surface area contributed by atoms with Crippen molar-refractivity contribution in [3.63, 3.8) is 0 Å². The quantitative estimate of drug-likeness (QED) is 0.0555. The fraction of sp³-hybridized carbons (Fsp3) is 0.262. The summed E-state index contributed by atoms with van der Waals surface area (Å²) in [5.74, 6) is 1.41. The summed E-state index contributed by atoms with van der Waals surface area (Å²) in [6.45, 7) is 4.72. The molecule has 1 unspecified atom stereocenters. The van der Waals surface area contributed by atoms with Crippen molar-refractivity contribution >= 4 is 67.3 Å². The number of benzene rings is 4. The van der Waals surface area contributed by atoms with Crippen LogP contribution in [-0.2, 0) is 16.6 Å². The predicted octanol–water partition coefficient (Wildman–Crippen LogP) is 7.90. The molecule has 0 amide bonds. The van der Waals surface area contributed by atoms with Crippen molar-refractivity contribution in [3.05, 3.63) is 136 Å². The molecule has 13 nitrogen and oxygen atoms in total. The summed E-state index contributed by atoms with van der Waals surface area (Å²) in [4.78, 5) is 32.5. The van der Waals surface area contributed by atoms with Gasteiger partial charge < -0.3 is 15.1 Å². The average molecular weight is 838 g/mol. The number of fused-ring (bicyclic) bond motifs is 1. The molecule has 2 N–H and O–H groups in total. The van der Waals surface area contributed by atoms with E-state index in [0.717, 1.165) is 68.0 Å². The molecule has 58 heavy (non-hydrogen) atoms. The van der Waals surface area contributed by atoms with E-state index in [4.69, 9.17) is 11.6 Å². The van der Waals surface area contributed by atoms with Crippen LogP contribution in [0.5, 0.6) is 0 Å². The highest BCUT2D eigenvalue weighted by Gasteiger charge is 2.25. The number of nitrogens with zero attached hydrogens (tertiary/aromatic N) is 7. The predicted molar refractivity (Wildman–Crippen MR) is 233 cm³/mol. The van der Waals surface area contributed by atoms with Gasteiger partial charge in [0.2, 0.25) is 0 Å². The molecule has 4 aromatic carbocycles. The molecular formula is C42H44ClN9O4S2. The van der Waals surface area contributed by atoms with E-state index in [0.29, 0.717) is 21.7 Å². The van der Waals surface area contributed by atoms with Crippen LogP contribution in [0, 0.1) is 10.1 Å². The maximum Gasteiger partial charge on any atom is 0.293 e. The summed E-state index contributed by atoms with van der Waals surface area (Å²) in [5.41, 5.74) is 3.98. The van der Waals surface area contributed by atoms with Gasteiger partial charge in [0.1, 0.15) is 17.8 Å². The van der Waals surface area contributed by atoms with Crippen LogP contribution in [0.4, 0.5) is 23.0 Å². The number of anilines is 3. The van der Waals surface area contributed by atoms with Gasteiger partial charge in [0.25, 0.3) is 15.7 Å². The van der Waals surface area contributed by atoms with Crippen LogP contribution in [-0.4, -0.2) is 96.7 Å². The number of nitro benzene ring substituents is 1. The third-order valence-electron chi connectivity index (χ3n) is 9.96. The average Bonchev–Trinajstić information content (AvgIpc) is 3.23. The van der Waals surface area contributed by atoms with Gasteiger partial charge in [-0.1, -0.05) is 66.2 Å². The summed E-state index contributed by atoms with van der Waals surface area (Å²) in [6.07, 6.45) is 3.57. The summed E-state index contributed by atoms with van der Waals surface area (Å²) in [6, 6.07) is 31.9. The van der Waals surface area contributed by atoms with Crippen molar-refractivity contribution in [2.24, 2.45) is 0 Å². The lowest BCUT2D eigenvalue weighted by atomic mass is 9.99. The summed E-state index contributed by atoms with van der Waals surface area (Å²) in [5, 5.41) is 16.7. The first-order valence-corrected chi connectivity index (χ1v) is 21.7. The number of rotatable bonds is 16. The van der Waals surface area contributed by atoms with Gasteiger partial charge in [0.15, 0.2) is 5.82 Å². The minimum Gasteiger partial charge on any atom is -0.376 e. The van der Waals surface area contributed by atoms with Crippen molar-refractivity contribution in [2.75, 3.05) is 67.5 Å². The fourth-order valence-electron chi connectivity index (χ4n) is 6.82. The van der Waals surface area contributed by atoms with Crippen molar-refractivity contribution in [1.29, 1.82) is 0 Å². The molecule has 0 bridgehead atoms. The molecule has 0 saturated carbocycles. The molecule has 0 radical (unpaired) electrons. The zero-order chi connectivity index (χ0) is 40.6. The Balaban J connectivity index is 1.02. The summed E-state index contributed by atoms with van der Waals surface area (Å²) < 4.78 is 30.0. The van der Waals surface area contributed by atoms with Crippen LogP contribution in [0.15, 0.2) is 125 Å². The van der Waals surface area contributed by atoms with Crippen LogP contribution in [0.1, 0.15) is 12.0 Å². The highest BCUT2D eigenvalue weighted by atomic mass is 35.5. The number of nitro groups is 1. The van der Waals surface area contributed by atoms with Crippen LogP contribution >= 0.6 is 23.4 Å². The van der Waals surface area contributed by atoms with Gasteiger partial charge in [-0.15, -0.1) is 11.8 Å². The van der Waals surface area contributed by atoms with E-state index in [1.807, 2.05) is 74.8 Å². The van der Waals surface area contributed by atoms with Gasteiger partial charge in [-0.3, -0.25) is 19.7 Å². The molecular weight excluding hydrogens is 794 g/mol. The second-order valence-corrected chi connectivity index (χ2v) is 17.5. The molecule has 3 heterocycles. The minimum atomic E-state index is -4.29. The molecule has 0 spiro atoms. The molecule has 6 aromatic rings. The van der Waals surface area contributed by atoms with E-state index in [2.05, 4.69) is 64.0 Å². The second kappa shape index (κ2) is 18.5. The second-order valence-electron chi connectivity index (χ2n) is 14.3. The fourth-order valence-corrected chi connectivity index (χ4v) is 8.99. The molecule has 1 atom stereocenters. The number of halogens is 1. The Bertz CT molecular complexity index is 2470. The Morgan fingerprint density at radius 2 is 1.66 bits per heavy atom. The summed E-state index contributed by atoms with van der Waals surface area (Å²) >= 11 is 7.79. The van der Waals surface area contributed by atoms with Crippen molar-refractivity contribution < 1.29 is 13.3 Å². The first-order chi connectivity index (χ1) is 28.0. The Morgan fingerprint density at radius 3 is 2.40 bits per heavy atom. The number of piperazine rings is 1. The number of nitrogens with one attached hydrogen (secondary N) is 2. The van der Waals surface area contributed by atoms with Crippen LogP contribution in [0.2, 0.25) is 5.02 Å². The van der Waals surface area contributed by atoms with E-state index in [1.165, 1.54) is 29.6 Å². The molecule has 0 aliphatic carbocycles. The molecule has 1 aliphatic rings. The van der Waals surface area contributed by atoms with Gasteiger partial charge in [-0.2, -0.15) is 0 Å². The molecule has 2 aromatic heterocycles. The van der Waals surface area contributed by atoms with E-state index in [-0.39, 0.29) is 28.1 Å². The zero-order valence-electron chi connectivity index (χ0n) is 32.2. The third-order valence-corrected chi connectivity index (χ3v) is 12.7. The zero-order valence-corrected chi connectivity index (χ0v) is 34.6. The monoisotopic (exact) mass is 837 g/mol. The molecule has 16 heteroatoms. The van der Waals surface area contributed by atoms with E-state index in [1.54, 1.807) is 18.0 Å². The molecule has 1 saturated heterocycles. The lowest BCUT2D eigenvalue weighted by Gasteiger charge is -2.35. The highest BCUT2D eigenvalue weighted by Crippen LogP contribution is 2.32. The maximum absolute atomic E-state index is 13.7. The summed E-state index contributed by atoms with van der Waals surface area (Å²) in [7, 11) is -0.346. The molecule has 1 fully saturated rings. The van der Waals surface area contributed by atoms with Crippen molar-refractivity contribution in [3.8, 4) is 11.1 Å². The molecule has 7 rings (SSSR count). The number of hydrogen-bond donors (Lipinski definition) is 2. The van der Waals surface area contributed by atoms with E-state index in [9.17, 15) is 18.5 Å². The van der Waals surface area contributed by atoms with Gasteiger partial charge in [-0.25, -0.2) is 23.4 Å². The van der Waals surface area contributed by atoms with Gasteiger partial charge >= 0.3 is 0 Å². The smallest absolute Gasteiger partial charge is 0.293 e. The Morgan fingerprint density at radius 1 is 0.914 bits per heavy atom. The number of pyridine rings is 1. The maximum atomic E-state index is 13.7.